The van der Waals surface area contributed by atoms with E-state index in [-0.39, 0.29) is 11.3 Å². The topological polar surface area (TPSA) is 50.2 Å². The van der Waals surface area contributed by atoms with Gasteiger partial charge in [0.25, 0.3) is 0 Å². The first-order valence-corrected chi connectivity index (χ1v) is 6.58. The van der Waals surface area contributed by atoms with Crippen LogP contribution >= 0.6 is 0 Å². The molecule has 1 aromatic carbocycles. The van der Waals surface area contributed by atoms with Crippen molar-refractivity contribution in [3.05, 3.63) is 71.1 Å². The number of benzene rings is 1. The van der Waals surface area contributed by atoms with Gasteiger partial charge in [-0.3, -0.25) is 0 Å². The van der Waals surface area contributed by atoms with Gasteiger partial charge in [0.05, 0.1) is 5.69 Å². The van der Waals surface area contributed by atoms with Gasteiger partial charge in [0.2, 0.25) is 0 Å². The van der Waals surface area contributed by atoms with E-state index in [9.17, 15) is 18.0 Å². The minimum atomic E-state index is -4.57. The number of nitrogens with zero attached hydrogens (tertiary/aromatic N) is 1. The predicted octanol–water partition coefficient (Wildman–Crippen LogP) is 4.37. The van der Waals surface area contributed by atoms with Gasteiger partial charge in [-0.1, -0.05) is 42.5 Å². The van der Waals surface area contributed by atoms with Gasteiger partial charge < -0.3 is 5.11 Å². The molecule has 0 aliphatic rings. The monoisotopic (exact) mass is 319 g/mol. The number of hydrogen-bond donors (Lipinski definition) is 1. The molecule has 2 rings (SSSR count). The maximum atomic E-state index is 12.8. The molecule has 0 bridgehead atoms. The van der Waals surface area contributed by atoms with E-state index in [2.05, 4.69) is 4.98 Å². The maximum Gasteiger partial charge on any atom is 0.433 e. The second kappa shape index (κ2) is 6.91. The zero-order chi connectivity index (χ0) is 16.9. The summed E-state index contributed by atoms with van der Waals surface area (Å²) in [7, 11) is 0. The Labute approximate surface area is 130 Å². The van der Waals surface area contributed by atoms with Gasteiger partial charge in [-0.05, 0) is 23.8 Å². The number of aliphatic carboxylic acids is 1. The summed E-state index contributed by atoms with van der Waals surface area (Å²) in [6.07, 6.45) is 0.529. The highest BCUT2D eigenvalue weighted by Crippen LogP contribution is 2.29. The Kier molecular flexibility index (Phi) is 4.95. The summed E-state index contributed by atoms with van der Waals surface area (Å²) in [5, 5.41) is 8.65. The summed E-state index contributed by atoms with van der Waals surface area (Å²) in [6, 6.07) is 11.0. The fraction of sp³-hybridized carbons (Fsp3) is 0.0588. The molecule has 0 amide bonds. The molecule has 0 saturated carbocycles. The molecule has 0 radical (unpaired) electrons. The summed E-state index contributed by atoms with van der Waals surface area (Å²) in [6.45, 7) is 0. The lowest BCUT2D eigenvalue weighted by molar-refractivity contribution is -0.141. The van der Waals surface area contributed by atoms with Crippen LogP contribution in [0.3, 0.4) is 0 Å². The first-order valence-electron chi connectivity index (χ1n) is 6.58. The Balaban J connectivity index is 2.43. The van der Waals surface area contributed by atoms with E-state index in [0.717, 1.165) is 17.7 Å². The van der Waals surface area contributed by atoms with Crippen LogP contribution in [0.4, 0.5) is 13.2 Å². The van der Waals surface area contributed by atoms with Crippen molar-refractivity contribution in [2.45, 2.75) is 6.18 Å². The van der Waals surface area contributed by atoms with Crippen molar-refractivity contribution >= 4 is 24.2 Å². The highest BCUT2D eigenvalue weighted by molar-refractivity contribution is 5.86. The Hall–Kier alpha value is -2.89. The Morgan fingerprint density at radius 3 is 2.30 bits per heavy atom. The SMILES string of the molecule is O=C(O)C=Cc1ccc(C(F)(F)F)nc1C=Cc1ccccc1. The number of alkyl halides is 3. The third-order valence-electron chi connectivity index (χ3n) is 2.89. The van der Waals surface area contributed by atoms with Crippen molar-refractivity contribution in [1.82, 2.24) is 4.98 Å². The molecule has 3 nitrogen and oxygen atoms in total. The van der Waals surface area contributed by atoms with Crippen LogP contribution < -0.4 is 0 Å². The van der Waals surface area contributed by atoms with E-state index in [1.807, 2.05) is 6.07 Å². The van der Waals surface area contributed by atoms with Gasteiger partial charge in [0.15, 0.2) is 0 Å². The van der Waals surface area contributed by atoms with E-state index in [0.29, 0.717) is 0 Å². The summed E-state index contributed by atoms with van der Waals surface area (Å²) in [5.41, 5.74) is 0.0892. The molecule has 0 atom stereocenters. The van der Waals surface area contributed by atoms with Crippen molar-refractivity contribution in [2.75, 3.05) is 0 Å². The predicted molar refractivity (Wildman–Crippen MR) is 81.3 cm³/mol. The van der Waals surface area contributed by atoms with Crippen molar-refractivity contribution in [3.8, 4) is 0 Å². The van der Waals surface area contributed by atoms with Gasteiger partial charge >= 0.3 is 12.1 Å². The minimum absolute atomic E-state index is 0.0428. The molecule has 0 fully saturated rings. The Morgan fingerprint density at radius 2 is 1.70 bits per heavy atom. The molecule has 0 saturated heterocycles. The largest absolute Gasteiger partial charge is 0.478 e. The maximum absolute atomic E-state index is 12.8. The van der Waals surface area contributed by atoms with Gasteiger partial charge in [0.1, 0.15) is 5.69 Å². The fourth-order valence-electron chi connectivity index (χ4n) is 1.82. The van der Waals surface area contributed by atoms with Crippen molar-refractivity contribution in [3.63, 3.8) is 0 Å². The average Bonchev–Trinajstić information content (AvgIpc) is 2.51. The van der Waals surface area contributed by atoms with E-state index in [1.54, 1.807) is 30.3 Å². The number of carbonyl (C=O) groups is 1. The third kappa shape index (κ3) is 4.81. The highest BCUT2D eigenvalue weighted by atomic mass is 19.4. The molecule has 0 spiro atoms. The highest BCUT2D eigenvalue weighted by Gasteiger charge is 2.32. The van der Waals surface area contributed by atoms with Gasteiger partial charge in [-0.25, -0.2) is 9.78 Å². The number of halogens is 3. The summed E-state index contributed by atoms with van der Waals surface area (Å²) in [4.78, 5) is 14.2. The molecule has 0 unspecified atom stereocenters. The molecule has 2 aromatic rings. The minimum Gasteiger partial charge on any atom is -0.478 e. The average molecular weight is 319 g/mol. The summed E-state index contributed by atoms with van der Waals surface area (Å²) in [5.74, 6) is -1.19. The fourth-order valence-corrected chi connectivity index (χ4v) is 1.82. The van der Waals surface area contributed by atoms with Crippen LogP contribution in [-0.4, -0.2) is 16.1 Å². The van der Waals surface area contributed by atoms with Crippen LogP contribution in [0.1, 0.15) is 22.5 Å². The third-order valence-corrected chi connectivity index (χ3v) is 2.89. The van der Waals surface area contributed by atoms with E-state index in [4.69, 9.17) is 5.11 Å². The molecule has 1 aromatic heterocycles. The summed E-state index contributed by atoms with van der Waals surface area (Å²) >= 11 is 0. The van der Waals surface area contributed by atoms with Crippen LogP contribution in [0.15, 0.2) is 48.5 Å². The van der Waals surface area contributed by atoms with E-state index >= 15 is 0 Å². The first-order chi connectivity index (χ1) is 10.9. The number of pyridine rings is 1. The van der Waals surface area contributed by atoms with E-state index < -0.39 is 17.8 Å². The number of rotatable bonds is 4. The van der Waals surface area contributed by atoms with Crippen molar-refractivity contribution in [1.29, 1.82) is 0 Å². The second-order valence-electron chi connectivity index (χ2n) is 4.58. The quantitative estimate of drug-likeness (QED) is 0.851. The number of hydrogen-bond acceptors (Lipinski definition) is 2. The molecule has 23 heavy (non-hydrogen) atoms. The molecule has 0 aliphatic heterocycles. The Bertz CT molecular complexity index is 750. The molecule has 118 valence electrons. The molecule has 6 heteroatoms. The van der Waals surface area contributed by atoms with E-state index in [1.165, 1.54) is 18.2 Å². The van der Waals surface area contributed by atoms with Crippen LogP contribution in [-0.2, 0) is 11.0 Å². The lowest BCUT2D eigenvalue weighted by Crippen LogP contribution is -2.09. The molecule has 1 N–H and O–H groups in total. The van der Waals surface area contributed by atoms with Crippen LogP contribution in [0.25, 0.3) is 18.2 Å². The normalized spacial score (nSPS) is 12.1. The number of aromatic nitrogens is 1. The lowest BCUT2D eigenvalue weighted by Gasteiger charge is -2.08. The number of carboxylic acids is 1. The van der Waals surface area contributed by atoms with Crippen LogP contribution in [0.5, 0.6) is 0 Å². The van der Waals surface area contributed by atoms with Gasteiger partial charge in [0, 0.05) is 11.6 Å². The van der Waals surface area contributed by atoms with Crippen LogP contribution in [0.2, 0.25) is 0 Å². The first kappa shape index (κ1) is 16.5. The van der Waals surface area contributed by atoms with Crippen LogP contribution in [0, 0.1) is 0 Å². The van der Waals surface area contributed by atoms with Gasteiger partial charge in [-0.15, -0.1) is 0 Å². The molecule has 0 aliphatic carbocycles. The molecular weight excluding hydrogens is 307 g/mol. The molecule has 1 heterocycles. The lowest BCUT2D eigenvalue weighted by atomic mass is 10.1. The molecular formula is C17H12F3NO2. The number of carboxylic acid groups (broad SMARTS) is 1. The van der Waals surface area contributed by atoms with Crippen molar-refractivity contribution < 1.29 is 23.1 Å². The van der Waals surface area contributed by atoms with Gasteiger partial charge in [-0.2, -0.15) is 13.2 Å². The smallest absolute Gasteiger partial charge is 0.433 e. The summed E-state index contributed by atoms with van der Waals surface area (Å²) < 4.78 is 38.3. The standard InChI is InChI=1S/C17H12F3NO2/c18-17(19,20)15-10-7-13(8-11-16(22)23)14(21-15)9-6-12-4-2-1-3-5-12/h1-11H,(H,22,23). The zero-order valence-electron chi connectivity index (χ0n) is 11.8. The zero-order valence-corrected chi connectivity index (χ0v) is 11.8. The van der Waals surface area contributed by atoms with Crippen molar-refractivity contribution in [2.24, 2.45) is 0 Å². The second-order valence-corrected chi connectivity index (χ2v) is 4.58. The Morgan fingerprint density at radius 1 is 1.00 bits per heavy atom.